The van der Waals surface area contributed by atoms with E-state index in [2.05, 4.69) is 30.4 Å². The first-order valence-corrected chi connectivity index (χ1v) is 9.75. The molecule has 1 saturated heterocycles. The van der Waals surface area contributed by atoms with Crippen molar-refractivity contribution in [2.45, 2.75) is 38.6 Å². The number of benzene rings is 2. The smallest absolute Gasteiger partial charge is 0.224 e. The van der Waals surface area contributed by atoms with Crippen molar-refractivity contribution < 1.29 is 14.1 Å². The first-order chi connectivity index (χ1) is 12.7. The van der Waals surface area contributed by atoms with Crippen molar-refractivity contribution in [1.82, 2.24) is 5.32 Å². The fraction of sp³-hybridized carbons (Fsp3) is 0.409. The predicted molar refractivity (Wildman–Crippen MR) is 104 cm³/mol. The summed E-state index contributed by atoms with van der Waals surface area (Å²) in [5, 5.41) is 6.63. The summed E-state index contributed by atoms with van der Waals surface area (Å²) in [4.78, 5) is 14.3. The zero-order valence-electron chi connectivity index (χ0n) is 15.4. The van der Waals surface area contributed by atoms with E-state index >= 15 is 0 Å². The van der Waals surface area contributed by atoms with Gasteiger partial charge in [0.05, 0.1) is 32.3 Å². The van der Waals surface area contributed by atoms with Gasteiger partial charge in [-0.25, -0.2) is 0 Å². The van der Waals surface area contributed by atoms with E-state index in [1.54, 1.807) is 11.2 Å². The van der Waals surface area contributed by atoms with Crippen LogP contribution in [0.15, 0.2) is 47.1 Å². The molecule has 0 saturated carbocycles. The first-order valence-electron chi connectivity index (χ1n) is 9.75. The van der Waals surface area contributed by atoms with Gasteiger partial charge in [0.1, 0.15) is 5.58 Å². The van der Waals surface area contributed by atoms with Crippen molar-refractivity contribution in [3.8, 4) is 0 Å². The van der Waals surface area contributed by atoms with Gasteiger partial charge < -0.3 is 14.6 Å². The molecule has 0 radical (unpaired) electrons. The number of amides is 1. The van der Waals surface area contributed by atoms with E-state index in [-0.39, 0.29) is 5.91 Å². The molecule has 0 bridgehead atoms. The van der Waals surface area contributed by atoms with E-state index in [4.69, 9.17) is 4.42 Å². The number of likely N-dealkylation sites (tertiary alicyclic amines) is 1. The molecule has 1 fully saturated rings. The molecule has 0 unspecified atom stereocenters. The first kappa shape index (κ1) is 17.1. The minimum absolute atomic E-state index is 0.101. The molecule has 0 atom stereocenters. The molecular formula is C22H27N2O2+. The van der Waals surface area contributed by atoms with Crippen molar-refractivity contribution >= 4 is 27.6 Å². The SMILES string of the molecule is CCC[NH+]1CCC(NC(=O)Cc2coc3ccc4ccccc4c23)CC1. The average Bonchev–Trinajstić information content (AvgIpc) is 3.07. The lowest BCUT2D eigenvalue weighted by Gasteiger charge is -2.29. The predicted octanol–water partition coefficient (Wildman–Crippen LogP) is 2.70. The molecule has 1 aliphatic rings. The van der Waals surface area contributed by atoms with Crippen molar-refractivity contribution in [2.24, 2.45) is 0 Å². The molecule has 0 spiro atoms. The summed E-state index contributed by atoms with van der Waals surface area (Å²) in [6.07, 6.45) is 5.51. The van der Waals surface area contributed by atoms with Gasteiger partial charge in [0.15, 0.2) is 0 Å². The molecule has 26 heavy (non-hydrogen) atoms. The molecule has 2 N–H and O–H groups in total. The monoisotopic (exact) mass is 351 g/mol. The maximum absolute atomic E-state index is 12.6. The number of quaternary nitrogens is 1. The lowest BCUT2D eigenvalue weighted by atomic mass is 10.0. The second-order valence-corrected chi connectivity index (χ2v) is 7.44. The molecule has 0 aliphatic carbocycles. The summed E-state index contributed by atoms with van der Waals surface area (Å²) in [7, 11) is 0. The molecule has 3 aromatic rings. The Morgan fingerprint density at radius 1 is 1.19 bits per heavy atom. The van der Waals surface area contributed by atoms with Crippen LogP contribution in [0.3, 0.4) is 0 Å². The van der Waals surface area contributed by atoms with Crippen LogP contribution in [0, 0.1) is 0 Å². The van der Waals surface area contributed by atoms with Gasteiger partial charge in [0.2, 0.25) is 5.91 Å². The highest BCUT2D eigenvalue weighted by Gasteiger charge is 2.23. The van der Waals surface area contributed by atoms with Crippen molar-refractivity contribution in [2.75, 3.05) is 19.6 Å². The van der Waals surface area contributed by atoms with E-state index in [1.165, 1.54) is 18.4 Å². The van der Waals surface area contributed by atoms with Gasteiger partial charge in [-0.15, -0.1) is 0 Å². The number of rotatable bonds is 5. The number of nitrogens with one attached hydrogen (secondary N) is 2. The van der Waals surface area contributed by atoms with E-state index < -0.39 is 0 Å². The lowest BCUT2D eigenvalue weighted by molar-refractivity contribution is -0.905. The van der Waals surface area contributed by atoms with E-state index in [1.807, 2.05) is 18.2 Å². The molecule has 4 nitrogen and oxygen atoms in total. The third-order valence-electron chi connectivity index (χ3n) is 5.55. The number of carbonyl (C=O) groups excluding carboxylic acids is 1. The standard InChI is InChI=1S/C22H26N2O2/c1-2-11-24-12-9-18(10-13-24)23-21(25)14-17-15-26-20-8-7-16-5-3-4-6-19(16)22(17)20/h3-8,15,18H,2,9-14H2,1H3,(H,23,25)/p+1. The molecular weight excluding hydrogens is 324 g/mol. The number of hydrogen-bond donors (Lipinski definition) is 2. The molecule has 1 aromatic heterocycles. The lowest BCUT2D eigenvalue weighted by Crippen LogP contribution is -3.13. The zero-order valence-corrected chi connectivity index (χ0v) is 15.4. The molecule has 1 aliphatic heterocycles. The minimum atomic E-state index is 0.101. The summed E-state index contributed by atoms with van der Waals surface area (Å²) >= 11 is 0. The van der Waals surface area contributed by atoms with Crippen LogP contribution in [0.5, 0.6) is 0 Å². The molecule has 2 heterocycles. The second kappa shape index (κ2) is 7.50. The van der Waals surface area contributed by atoms with Crippen LogP contribution in [-0.2, 0) is 11.2 Å². The number of hydrogen-bond acceptors (Lipinski definition) is 2. The van der Waals surface area contributed by atoms with E-state index in [0.717, 1.165) is 47.9 Å². The Morgan fingerprint density at radius 3 is 2.81 bits per heavy atom. The Morgan fingerprint density at radius 2 is 2.00 bits per heavy atom. The van der Waals surface area contributed by atoms with Crippen LogP contribution in [0.2, 0.25) is 0 Å². The Hall–Kier alpha value is -2.33. The highest BCUT2D eigenvalue weighted by atomic mass is 16.3. The molecule has 1 amide bonds. The minimum Gasteiger partial charge on any atom is -0.464 e. The summed E-state index contributed by atoms with van der Waals surface area (Å²) < 4.78 is 5.71. The maximum atomic E-state index is 12.6. The Balaban J connectivity index is 1.46. The third kappa shape index (κ3) is 3.47. The second-order valence-electron chi connectivity index (χ2n) is 7.44. The van der Waals surface area contributed by atoms with Crippen LogP contribution in [0.25, 0.3) is 21.7 Å². The van der Waals surface area contributed by atoms with Crippen LogP contribution in [-0.4, -0.2) is 31.6 Å². The summed E-state index contributed by atoms with van der Waals surface area (Å²) in [6.45, 7) is 5.81. The Labute approximate surface area is 154 Å². The van der Waals surface area contributed by atoms with Crippen LogP contribution >= 0.6 is 0 Å². The Kier molecular flexibility index (Phi) is 4.93. The number of carbonyl (C=O) groups is 1. The van der Waals surface area contributed by atoms with Crippen molar-refractivity contribution in [1.29, 1.82) is 0 Å². The van der Waals surface area contributed by atoms with Gasteiger partial charge >= 0.3 is 0 Å². The van der Waals surface area contributed by atoms with E-state index in [0.29, 0.717) is 12.5 Å². The number of fused-ring (bicyclic) bond motifs is 3. The van der Waals surface area contributed by atoms with Crippen LogP contribution in [0.1, 0.15) is 31.7 Å². The topological polar surface area (TPSA) is 46.7 Å². The summed E-state index contributed by atoms with van der Waals surface area (Å²) in [5.74, 6) is 0.101. The van der Waals surface area contributed by atoms with Crippen LogP contribution in [0.4, 0.5) is 0 Å². The highest BCUT2D eigenvalue weighted by molar-refractivity contribution is 6.08. The maximum Gasteiger partial charge on any atom is 0.224 e. The summed E-state index contributed by atoms with van der Waals surface area (Å²) in [6, 6.07) is 12.6. The van der Waals surface area contributed by atoms with Gasteiger partial charge in [0.25, 0.3) is 0 Å². The third-order valence-corrected chi connectivity index (χ3v) is 5.55. The quantitative estimate of drug-likeness (QED) is 0.742. The van der Waals surface area contributed by atoms with Gasteiger partial charge in [-0.3, -0.25) is 4.79 Å². The fourth-order valence-corrected chi connectivity index (χ4v) is 4.23. The molecule has 4 rings (SSSR count). The summed E-state index contributed by atoms with van der Waals surface area (Å²) in [5.41, 5.74) is 1.83. The van der Waals surface area contributed by atoms with Gasteiger partial charge in [-0.1, -0.05) is 37.3 Å². The van der Waals surface area contributed by atoms with Crippen molar-refractivity contribution in [3.63, 3.8) is 0 Å². The number of furan rings is 1. The van der Waals surface area contributed by atoms with Crippen molar-refractivity contribution in [3.05, 3.63) is 48.2 Å². The fourth-order valence-electron chi connectivity index (χ4n) is 4.23. The Bertz CT molecular complexity index is 907. The normalized spacial score (nSPS) is 20.5. The highest BCUT2D eigenvalue weighted by Crippen LogP contribution is 2.30. The molecule has 2 aromatic carbocycles. The molecule has 4 heteroatoms. The largest absolute Gasteiger partial charge is 0.464 e. The molecule has 136 valence electrons. The number of piperidine rings is 1. The van der Waals surface area contributed by atoms with Gasteiger partial charge in [-0.2, -0.15) is 0 Å². The van der Waals surface area contributed by atoms with E-state index in [9.17, 15) is 4.79 Å². The van der Waals surface area contributed by atoms with Gasteiger partial charge in [0, 0.05) is 29.8 Å². The zero-order chi connectivity index (χ0) is 17.9. The average molecular weight is 351 g/mol. The van der Waals surface area contributed by atoms with Gasteiger partial charge in [-0.05, 0) is 23.3 Å². The van der Waals surface area contributed by atoms with Crippen LogP contribution < -0.4 is 10.2 Å².